The molecule has 18 heavy (non-hydrogen) atoms. The van der Waals surface area contributed by atoms with E-state index in [1.165, 1.54) is 17.4 Å². The van der Waals surface area contributed by atoms with Crippen LogP contribution in [0.2, 0.25) is 0 Å². The van der Waals surface area contributed by atoms with Crippen LogP contribution < -0.4 is 4.74 Å². The van der Waals surface area contributed by atoms with Crippen LogP contribution in [0.1, 0.15) is 12.5 Å². The zero-order valence-electron chi connectivity index (χ0n) is 10.1. The van der Waals surface area contributed by atoms with Gasteiger partial charge in [0.05, 0.1) is 0 Å². The van der Waals surface area contributed by atoms with Crippen LogP contribution in [0.25, 0.3) is 0 Å². The molecule has 0 spiro atoms. The summed E-state index contributed by atoms with van der Waals surface area (Å²) in [7, 11) is 0. The third kappa shape index (κ3) is 3.93. The Balaban J connectivity index is 1.92. The van der Waals surface area contributed by atoms with Crippen molar-refractivity contribution < 1.29 is 9.53 Å². The van der Waals surface area contributed by atoms with Crippen molar-refractivity contribution in [3.63, 3.8) is 0 Å². The zero-order valence-corrected chi connectivity index (χ0v) is 10.9. The average Bonchev–Trinajstić information content (AvgIpc) is 2.38. The van der Waals surface area contributed by atoms with Crippen LogP contribution in [-0.2, 0) is 10.5 Å². The van der Waals surface area contributed by atoms with E-state index in [1.54, 1.807) is 11.8 Å². The molecule has 2 aromatic rings. The summed E-state index contributed by atoms with van der Waals surface area (Å²) in [5, 5.41) is 0. The first-order valence-electron chi connectivity index (χ1n) is 5.69. The number of hydrogen-bond donors (Lipinski definition) is 0. The average molecular weight is 258 g/mol. The molecule has 0 saturated heterocycles. The predicted octanol–water partition coefficient (Wildman–Crippen LogP) is 3.90. The summed E-state index contributed by atoms with van der Waals surface area (Å²) in [6.45, 7) is 1.40. The van der Waals surface area contributed by atoms with E-state index in [0.717, 1.165) is 5.75 Å². The molecule has 2 nitrogen and oxygen atoms in total. The molecule has 2 aromatic carbocycles. The standard InChI is InChI=1S/C15H14O2S/c1-12(16)17-14-9-7-13(8-10-14)11-18-15-5-3-2-4-6-15/h2-10H,11H2,1H3. The van der Waals surface area contributed by atoms with Crippen LogP contribution in [0.5, 0.6) is 5.75 Å². The molecule has 0 amide bonds. The van der Waals surface area contributed by atoms with Gasteiger partial charge in [-0.05, 0) is 29.8 Å². The lowest BCUT2D eigenvalue weighted by Crippen LogP contribution is -2.00. The molecule has 3 heteroatoms. The molecule has 92 valence electrons. The summed E-state index contributed by atoms with van der Waals surface area (Å²) < 4.78 is 4.99. The van der Waals surface area contributed by atoms with E-state index in [-0.39, 0.29) is 5.97 Å². The number of carbonyl (C=O) groups is 1. The summed E-state index contributed by atoms with van der Waals surface area (Å²) in [4.78, 5) is 12.0. The normalized spacial score (nSPS) is 10.1. The van der Waals surface area contributed by atoms with Crippen molar-refractivity contribution in [2.24, 2.45) is 0 Å². The first kappa shape index (κ1) is 12.7. The molecule has 0 fully saturated rings. The van der Waals surface area contributed by atoms with Gasteiger partial charge in [0.25, 0.3) is 0 Å². The molecule has 0 unspecified atom stereocenters. The van der Waals surface area contributed by atoms with Crippen LogP contribution in [0, 0.1) is 0 Å². The van der Waals surface area contributed by atoms with Crippen molar-refractivity contribution in [2.45, 2.75) is 17.6 Å². The smallest absolute Gasteiger partial charge is 0.308 e. The van der Waals surface area contributed by atoms with Gasteiger partial charge < -0.3 is 4.74 Å². The number of benzene rings is 2. The summed E-state index contributed by atoms with van der Waals surface area (Å²) >= 11 is 1.79. The van der Waals surface area contributed by atoms with E-state index in [0.29, 0.717) is 5.75 Å². The Hall–Kier alpha value is -1.74. The minimum Gasteiger partial charge on any atom is -0.427 e. The number of esters is 1. The number of rotatable bonds is 4. The molecule has 0 N–H and O–H groups in total. The number of hydrogen-bond acceptors (Lipinski definition) is 3. The highest BCUT2D eigenvalue weighted by molar-refractivity contribution is 7.98. The molecular weight excluding hydrogens is 244 g/mol. The number of carbonyl (C=O) groups excluding carboxylic acids is 1. The van der Waals surface area contributed by atoms with Gasteiger partial charge in [0, 0.05) is 17.6 Å². The van der Waals surface area contributed by atoms with Crippen LogP contribution in [0.3, 0.4) is 0 Å². The minimum absolute atomic E-state index is 0.290. The Kier molecular flexibility index (Phi) is 4.42. The highest BCUT2D eigenvalue weighted by Gasteiger charge is 1.99. The third-order valence-corrected chi connectivity index (χ3v) is 3.42. The van der Waals surface area contributed by atoms with Gasteiger partial charge in [0.1, 0.15) is 5.75 Å². The fourth-order valence-corrected chi connectivity index (χ4v) is 2.38. The number of thioether (sulfide) groups is 1. The zero-order chi connectivity index (χ0) is 12.8. The van der Waals surface area contributed by atoms with Crippen molar-refractivity contribution in [2.75, 3.05) is 0 Å². The molecule has 0 bridgehead atoms. The van der Waals surface area contributed by atoms with Gasteiger partial charge in [-0.2, -0.15) is 0 Å². The number of ether oxygens (including phenoxy) is 1. The van der Waals surface area contributed by atoms with E-state index in [9.17, 15) is 4.79 Å². The second-order valence-electron chi connectivity index (χ2n) is 3.84. The molecule has 2 rings (SSSR count). The van der Waals surface area contributed by atoms with Crippen LogP contribution in [-0.4, -0.2) is 5.97 Å². The van der Waals surface area contributed by atoms with Crippen molar-refractivity contribution in [3.8, 4) is 5.75 Å². The monoisotopic (exact) mass is 258 g/mol. The first-order valence-corrected chi connectivity index (χ1v) is 6.68. The van der Waals surface area contributed by atoms with Crippen LogP contribution in [0.15, 0.2) is 59.5 Å². The lowest BCUT2D eigenvalue weighted by atomic mass is 10.2. The molecule has 0 aliphatic heterocycles. The highest BCUT2D eigenvalue weighted by atomic mass is 32.2. The Morgan fingerprint density at radius 1 is 1.06 bits per heavy atom. The topological polar surface area (TPSA) is 26.3 Å². The van der Waals surface area contributed by atoms with Gasteiger partial charge in [-0.25, -0.2) is 0 Å². The quantitative estimate of drug-likeness (QED) is 0.472. The van der Waals surface area contributed by atoms with Gasteiger partial charge in [-0.1, -0.05) is 30.3 Å². The van der Waals surface area contributed by atoms with Crippen LogP contribution in [0.4, 0.5) is 0 Å². The van der Waals surface area contributed by atoms with E-state index in [4.69, 9.17) is 4.74 Å². The Morgan fingerprint density at radius 3 is 2.33 bits per heavy atom. The van der Waals surface area contributed by atoms with Gasteiger partial charge in [0.2, 0.25) is 0 Å². The summed E-state index contributed by atoms with van der Waals surface area (Å²) in [6, 6.07) is 17.9. The maximum Gasteiger partial charge on any atom is 0.308 e. The Labute approximate surface area is 111 Å². The fourth-order valence-electron chi connectivity index (χ4n) is 1.50. The minimum atomic E-state index is -0.290. The van der Waals surface area contributed by atoms with E-state index in [2.05, 4.69) is 12.1 Å². The molecule has 0 aliphatic carbocycles. The lowest BCUT2D eigenvalue weighted by molar-refractivity contribution is -0.131. The first-order chi connectivity index (χ1) is 8.74. The molecule has 0 saturated carbocycles. The maximum absolute atomic E-state index is 10.8. The Morgan fingerprint density at radius 2 is 1.72 bits per heavy atom. The molecule has 0 aliphatic rings. The second-order valence-corrected chi connectivity index (χ2v) is 4.89. The molecule has 0 heterocycles. The van der Waals surface area contributed by atoms with Gasteiger partial charge in [0.15, 0.2) is 0 Å². The van der Waals surface area contributed by atoms with Gasteiger partial charge >= 0.3 is 5.97 Å². The van der Waals surface area contributed by atoms with E-state index in [1.807, 2.05) is 42.5 Å². The molecule has 0 aromatic heterocycles. The molecular formula is C15H14O2S. The van der Waals surface area contributed by atoms with Crippen molar-refractivity contribution >= 4 is 17.7 Å². The third-order valence-electron chi connectivity index (χ3n) is 2.33. The predicted molar refractivity (Wildman–Crippen MR) is 73.8 cm³/mol. The van der Waals surface area contributed by atoms with Gasteiger partial charge in [-0.3, -0.25) is 4.79 Å². The van der Waals surface area contributed by atoms with Crippen molar-refractivity contribution in [3.05, 3.63) is 60.2 Å². The SMILES string of the molecule is CC(=O)Oc1ccc(CSc2ccccc2)cc1. The lowest BCUT2D eigenvalue weighted by Gasteiger charge is -2.04. The summed E-state index contributed by atoms with van der Waals surface area (Å²) in [5.41, 5.74) is 1.21. The van der Waals surface area contributed by atoms with E-state index >= 15 is 0 Å². The molecule has 0 atom stereocenters. The second kappa shape index (κ2) is 6.26. The largest absolute Gasteiger partial charge is 0.427 e. The highest BCUT2D eigenvalue weighted by Crippen LogP contribution is 2.23. The van der Waals surface area contributed by atoms with Gasteiger partial charge in [-0.15, -0.1) is 11.8 Å². The summed E-state index contributed by atoms with van der Waals surface area (Å²) in [6.07, 6.45) is 0. The Bertz CT molecular complexity index is 506. The van der Waals surface area contributed by atoms with Crippen molar-refractivity contribution in [1.29, 1.82) is 0 Å². The molecule has 0 radical (unpaired) electrons. The maximum atomic E-state index is 10.8. The fraction of sp³-hybridized carbons (Fsp3) is 0.133. The van der Waals surface area contributed by atoms with Crippen molar-refractivity contribution in [1.82, 2.24) is 0 Å². The summed E-state index contributed by atoms with van der Waals surface area (Å²) in [5.74, 6) is 1.21. The van der Waals surface area contributed by atoms with E-state index < -0.39 is 0 Å². The van der Waals surface area contributed by atoms with Crippen LogP contribution >= 0.6 is 11.8 Å².